The fraction of sp³-hybridized carbons (Fsp3) is 0.500. The summed E-state index contributed by atoms with van der Waals surface area (Å²) in [6.07, 6.45) is 0.798. The number of halogens is 1. The quantitative estimate of drug-likeness (QED) is 0.835. The van der Waals surface area contributed by atoms with E-state index in [1.54, 1.807) is 0 Å². The lowest BCUT2D eigenvalue weighted by Gasteiger charge is -2.33. The summed E-state index contributed by atoms with van der Waals surface area (Å²) in [5.74, 6) is 0.216. The number of fused-ring (bicyclic) bond motifs is 1. The molecular weight excluding hydrogens is 264 g/mol. The van der Waals surface area contributed by atoms with Crippen LogP contribution >= 0.6 is 12.4 Å². The maximum atomic E-state index is 12.4. The van der Waals surface area contributed by atoms with Crippen molar-refractivity contribution in [3.8, 4) is 0 Å². The molecule has 0 spiro atoms. The highest BCUT2D eigenvalue weighted by Crippen LogP contribution is 2.17. The number of carbonyl (C=O) groups is 1. The average Bonchev–Trinajstić information content (AvgIpc) is 2.47. The molecule has 2 aliphatic heterocycles. The molecule has 5 heteroatoms. The minimum absolute atomic E-state index is 0. The summed E-state index contributed by atoms with van der Waals surface area (Å²) in [5, 5.41) is 3.34. The average molecular weight is 283 g/mol. The molecule has 104 valence electrons. The van der Waals surface area contributed by atoms with Crippen LogP contribution in [0.3, 0.4) is 0 Å². The monoisotopic (exact) mass is 282 g/mol. The van der Waals surface area contributed by atoms with Gasteiger partial charge in [0.2, 0.25) is 5.91 Å². The van der Waals surface area contributed by atoms with Crippen molar-refractivity contribution in [3.63, 3.8) is 0 Å². The van der Waals surface area contributed by atoms with Gasteiger partial charge in [-0.05, 0) is 17.5 Å². The van der Waals surface area contributed by atoms with E-state index < -0.39 is 0 Å². The van der Waals surface area contributed by atoms with E-state index in [9.17, 15) is 4.79 Å². The summed E-state index contributed by atoms with van der Waals surface area (Å²) in [7, 11) is 0. The summed E-state index contributed by atoms with van der Waals surface area (Å²) in [6.45, 7) is 3.55. The van der Waals surface area contributed by atoms with Crippen molar-refractivity contribution in [2.45, 2.75) is 19.0 Å². The predicted octanol–water partition coefficient (Wildman–Crippen LogP) is 0.981. The molecule has 3 rings (SSSR count). The first kappa shape index (κ1) is 14.3. The Morgan fingerprint density at radius 3 is 2.63 bits per heavy atom. The Bertz CT molecular complexity index is 447. The third-order valence-electron chi connectivity index (χ3n) is 3.70. The Balaban J connectivity index is 0.00000133. The van der Waals surface area contributed by atoms with E-state index in [4.69, 9.17) is 4.74 Å². The van der Waals surface area contributed by atoms with Gasteiger partial charge in [-0.15, -0.1) is 12.4 Å². The van der Waals surface area contributed by atoms with Crippen molar-refractivity contribution in [2.24, 2.45) is 0 Å². The van der Waals surface area contributed by atoms with Gasteiger partial charge in [0.05, 0.1) is 19.3 Å². The summed E-state index contributed by atoms with van der Waals surface area (Å²) in [6, 6.07) is 8.26. The molecule has 1 amide bonds. The van der Waals surface area contributed by atoms with Gasteiger partial charge in [-0.3, -0.25) is 4.79 Å². The van der Waals surface area contributed by atoms with Crippen molar-refractivity contribution in [1.82, 2.24) is 10.2 Å². The van der Waals surface area contributed by atoms with Gasteiger partial charge in [0, 0.05) is 19.6 Å². The van der Waals surface area contributed by atoms with E-state index in [2.05, 4.69) is 17.4 Å². The molecular formula is C14H19ClN2O2. The first-order valence-electron chi connectivity index (χ1n) is 6.51. The number of amides is 1. The number of ether oxygens (including phenoxy) is 1. The third-order valence-corrected chi connectivity index (χ3v) is 3.70. The molecule has 0 bridgehead atoms. The number of carbonyl (C=O) groups excluding carboxylic acids is 1. The Kier molecular flexibility index (Phi) is 4.80. The number of hydrogen-bond donors (Lipinski definition) is 1. The molecule has 19 heavy (non-hydrogen) atoms. The lowest BCUT2D eigenvalue weighted by atomic mass is 9.95. The van der Waals surface area contributed by atoms with E-state index in [1.807, 2.05) is 17.0 Å². The van der Waals surface area contributed by atoms with Crippen LogP contribution < -0.4 is 5.32 Å². The minimum Gasteiger partial charge on any atom is -0.378 e. The Morgan fingerprint density at radius 2 is 1.89 bits per heavy atom. The number of hydrogen-bond acceptors (Lipinski definition) is 3. The molecule has 1 saturated heterocycles. The molecule has 1 unspecified atom stereocenters. The van der Waals surface area contributed by atoms with Crippen LogP contribution in [0.15, 0.2) is 24.3 Å². The van der Waals surface area contributed by atoms with Crippen molar-refractivity contribution >= 4 is 18.3 Å². The third kappa shape index (κ3) is 3.08. The molecule has 1 aromatic carbocycles. The molecule has 2 aliphatic rings. The summed E-state index contributed by atoms with van der Waals surface area (Å²) >= 11 is 0. The second-order valence-electron chi connectivity index (χ2n) is 4.84. The molecule has 1 N–H and O–H groups in total. The summed E-state index contributed by atoms with van der Waals surface area (Å²) in [5.41, 5.74) is 2.60. The largest absolute Gasteiger partial charge is 0.378 e. The highest BCUT2D eigenvalue weighted by Gasteiger charge is 2.28. The molecule has 4 nitrogen and oxygen atoms in total. The van der Waals surface area contributed by atoms with Crippen LogP contribution in [-0.2, 0) is 22.5 Å². The van der Waals surface area contributed by atoms with Gasteiger partial charge in [-0.25, -0.2) is 0 Å². The van der Waals surface area contributed by atoms with Gasteiger partial charge < -0.3 is 15.0 Å². The van der Waals surface area contributed by atoms with Crippen LogP contribution in [0, 0.1) is 0 Å². The predicted molar refractivity (Wildman–Crippen MR) is 75.4 cm³/mol. The summed E-state index contributed by atoms with van der Waals surface area (Å²) in [4.78, 5) is 14.3. The fourth-order valence-electron chi connectivity index (χ4n) is 2.63. The molecule has 1 aromatic rings. The highest BCUT2D eigenvalue weighted by molar-refractivity contribution is 5.85. The highest BCUT2D eigenvalue weighted by atomic mass is 35.5. The summed E-state index contributed by atoms with van der Waals surface area (Å²) < 4.78 is 5.28. The SMILES string of the molecule is Cl.O=C(C1Cc2ccccc2CN1)N1CCOCC1. The van der Waals surface area contributed by atoms with Gasteiger partial charge in [0.25, 0.3) is 0 Å². The zero-order chi connectivity index (χ0) is 12.4. The molecule has 2 heterocycles. The normalized spacial score (nSPS) is 22.3. The second-order valence-corrected chi connectivity index (χ2v) is 4.84. The second kappa shape index (κ2) is 6.37. The van der Waals surface area contributed by atoms with Crippen LogP contribution in [0.25, 0.3) is 0 Å². The Labute approximate surface area is 119 Å². The van der Waals surface area contributed by atoms with Gasteiger partial charge in [0.1, 0.15) is 0 Å². The number of nitrogens with one attached hydrogen (secondary N) is 1. The molecule has 0 aliphatic carbocycles. The van der Waals surface area contributed by atoms with Crippen LogP contribution in [0.5, 0.6) is 0 Å². The maximum absolute atomic E-state index is 12.4. The number of benzene rings is 1. The van der Waals surface area contributed by atoms with Crippen LogP contribution in [0.2, 0.25) is 0 Å². The Morgan fingerprint density at radius 1 is 1.21 bits per heavy atom. The molecule has 0 saturated carbocycles. The Hall–Kier alpha value is -1.10. The standard InChI is InChI=1S/C14H18N2O2.ClH/c17-14(16-5-7-18-8-6-16)13-9-11-3-1-2-4-12(11)10-15-13;/h1-4,13,15H,5-10H2;1H. The topological polar surface area (TPSA) is 41.6 Å². The van der Waals surface area contributed by atoms with E-state index in [-0.39, 0.29) is 24.4 Å². The number of morpholine rings is 1. The van der Waals surface area contributed by atoms with E-state index >= 15 is 0 Å². The first-order valence-corrected chi connectivity index (χ1v) is 6.51. The van der Waals surface area contributed by atoms with Gasteiger partial charge in [0.15, 0.2) is 0 Å². The van der Waals surface area contributed by atoms with Crippen molar-refractivity contribution in [1.29, 1.82) is 0 Å². The van der Waals surface area contributed by atoms with Gasteiger partial charge >= 0.3 is 0 Å². The number of rotatable bonds is 1. The lowest BCUT2D eigenvalue weighted by molar-refractivity contribution is -0.137. The van der Waals surface area contributed by atoms with E-state index in [0.717, 1.165) is 26.1 Å². The van der Waals surface area contributed by atoms with E-state index in [1.165, 1.54) is 11.1 Å². The van der Waals surface area contributed by atoms with Crippen molar-refractivity contribution < 1.29 is 9.53 Å². The molecule has 0 aromatic heterocycles. The van der Waals surface area contributed by atoms with Gasteiger partial charge in [-0.2, -0.15) is 0 Å². The zero-order valence-electron chi connectivity index (χ0n) is 10.8. The fourth-order valence-corrected chi connectivity index (χ4v) is 2.63. The van der Waals surface area contributed by atoms with Crippen LogP contribution in [0.1, 0.15) is 11.1 Å². The molecule has 1 fully saturated rings. The van der Waals surface area contributed by atoms with Crippen molar-refractivity contribution in [3.05, 3.63) is 35.4 Å². The minimum atomic E-state index is -0.0713. The van der Waals surface area contributed by atoms with E-state index in [0.29, 0.717) is 13.2 Å². The van der Waals surface area contributed by atoms with Crippen LogP contribution in [0.4, 0.5) is 0 Å². The van der Waals surface area contributed by atoms with Crippen molar-refractivity contribution in [2.75, 3.05) is 26.3 Å². The molecule has 0 radical (unpaired) electrons. The zero-order valence-corrected chi connectivity index (χ0v) is 11.6. The maximum Gasteiger partial charge on any atom is 0.240 e. The lowest BCUT2D eigenvalue weighted by Crippen LogP contribution is -2.52. The first-order chi connectivity index (χ1) is 8.84. The number of nitrogens with zero attached hydrogens (tertiary/aromatic N) is 1. The van der Waals surface area contributed by atoms with Crippen LogP contribution in [-0.4, -0.2) is 43.2 Å². The van der Waals surface area contributed by atoms with Gasteiger partial charge in [-0.1, -0.05) is 24.3 Å². The molecule has 1 atom stereocenters. The smallest absolute Gasteiger partial charge is 0.240 e.